The van der Waals surface area contributed by atoms with E-state index in [1.807, 2.05) is 6.92 Å². The first-order valence-electron chi connectivity index (χ1n) is 6.27. The molecule has 0 spiro atoms. The molecule has 1 N–H and O–H groups in total. The summed E-state index contributed by atoms with van der Waals surface area (Å²) in [7, 11) is 1.71. The van der Waals surface area contributed by atoms with Gasteiger partial charge in [0.1, 0.15) is 0 Å². The summed E-state index contributed by atoms with van der Waals surface area (Å²) in [5.74, 6) is 0. The quantitative estimate of drug-likeness (QED) is 0.489. The summed E-state index contributed by atoms with van der Waals surface area (Å²) >= 11 is 0. The highest BCUT2D eigenvalue weighted by molar-refractivity contribution is 4.47. The van der Waals surface area contributed by atoms with Crippen LogP contribution in [0.4, 0.5) is 0 Å². The molecule has 0 aromatic rings. The number of unbranched alkanes of at least 4 members (excludes halogenated alkanes) is 1. The standard InChI is InChI=1S/C12H27NO3/c1-3-15-10-5-4-7-13-8-12-16-11-6-9-14-2/h13H,3-12H2,1-2H3. The van der Waals surface area contributed by atoms with Gasteiger partial charge in [-0.25, -0.2) is 0 Å². The Bertz CT molecular complexity index is 109. The molecule has 0 aromatic carbocycles. The zero-order chi connectivity index (χ0) is 11.9. The minimum absolute atomic E-state index is 0.783. The van der Waals surface area contributed by atoms with Crippen molar-refractivity contribution in [1.29, 1.82) is 0 Å². The number of nitrogens with one attached hydrogen (secondary N) is 1. The fourth-order valence-electron chi connectivity index (χ4n) is 1.28. The molecule has 0 aliphatic carbocycles. The fourth-order valence-corrected chi connectivity index (χ4v) is 1.28. The normalized spacial score (nSPS) is 10.9. The van der Waals surface area contributed by atoms with Gasteiger partial charge in [0.05, 0.1) is 6.61 Å². The molecule has 0 aromatic heterocycles. The molecule has 0 bridgehead atoms. The van der Waals surface area contributed by atoms with E-state index in [2.05, 4.69) is 5.32 Å². The van der Waals surface area contributed by atoms with Gasteiger partial charge in [0.2, 0.25) is 0 Å². The maximum atomic E-state index is 5.41. The van der Waals surface area contributed by atoms with Crippen molar-refractivity contribution >= 4 is 0 Å². The highest BCUT2D eigenvalue weighted by atomic mass is 16.5. The third-order valence-electron chi connectivity index (χ3n) is 2.16. The molecule has 0 fully saturated rings. The Hall–Kier alpha value is -0.160. The monoisotopic (exact) mass is 233 g/mol. The first-order chi connectivity index (χ1) is 7.91. The van der Waals surface area contributed by atoms with E-state index in [1.165, 1.54) is 6.42 Å². The lowest BCUT2D eigenvalue weighted by Crippen LogP contribution is -2.21. The van der Waals surface area contributed by atoms with Gasteiger partial charge < -0.3 is 19.5 Å². The van der Waals surface area contributed by atoms with Gasteiger partial charge in [-0.05, 0) is 32.7 Å². The van der Waals surface area contributed by atoms with Crippen LogP contribution in [0.15, 0.2) is 0 Å². The second kappa shape index (κ2) is 14.8. The van der Waals surface area contributed by atoms with Crippen LogP contribution in [0.1, 0.15) is 26.2 Å². The number of ether oxygens (including phenoxy) is 3. The van der Waals surface area contributed by atoms with Crippen LogP contribution in [0.25, 0.3) is 0 Å². The molecule has 0 aliphatic rings. The zero-order valence-electron chi connectivity index (χ0n) is 10.8. The SMILES string of the molecule is CCOCCCCNCCOCCCOC. The second-order valence-electron chi connectivity index (χ2n) is 3.61. The molecule has 0 heterocycles. The van der Waals surface area contributed by atoms with Crippen LogP contribution in [-0.2, 0) is 14.2 Å². The van der Waals surface area contributed by atoms with Gasteiger partial charge in [0.25, 0.3) is 0 Å². The van der Waals surface area contributed by atoms with Crippen molar-refractivity contribution < 1.29 is 14.2 Å². The predicted molar refractivity (Wildman–Crippen MR) is 65.9 cm³/mol. The van der Waals surface area contributed by atoms with Gasteiger partial charge >= 0.3 is 0 Å². The molecule has 0 saturated carbocycles. The molecule has 0 atom stereocenters. The van der Waals surface area contributed by atoms with Crippen molar-refractivity contribution in [3.8, 4) is 0 Å². The Morgan fingerprint density at radius 3 is 2.38 bits per heavy atom. The van der Waals surface area contributed by atoms with Gasteiger partial charge in [-0.15, -0.1) is 0 Å². The molecule has 0 saturated heterocycles. The smallest absolute Gasteiger partial charge is 0.0590 e. The average molecular weight is 233 g/mol. The highest BCUT2D eigenvalue weighted by Gasteiger charge is 1.91. The summed E-state index contributed by atoms with van der Waals surface area (Å²) in [5.41, 5.74) is 0. The van der Waals surface area contributed by atoms with E-state index < -0.39 is 0 Å². The van der Waals surface area contributed by atoms with Gasteiger partial charge in [-0.3, -0.25) is 0 Å². The molecule has 98 valence electrons. The number of hydrogen-bond acceptors (Lipinski definition) is 4. The van der Waals surface area contributed by atoms with Gasteiger partial charge in [-0.2, -0.15) is 0 Å². The topological polar surface area (TPSA) is 39.7 Å². The van der Waals surface area contributed by atoms with Crippen LogP contribution in [0, 0.1) is 0 Å². The average Bonchev–Trinajstić information content (AvgIpc) is 2.31. The van der Waals surface area contributed by atoms with E-state index in [0.717, 1.165) is 59.0 Å². The first-order valence-corrected chi connectivity index (χ1v) is 6.27. The largest absolute Gasteiger partial charge is 0.385 e. The van der Waals surface area contributed by atoms with E-state index in [-0.39, 0.29) is 0 Å². The minimum Gasteiger partial charge on any atom is -0.385 e. The predicted octanol–water partition coefficient (Wildman–Crippen LogP) is 1.45. The maximum absolute atomic E-state index is 5.41. The lowest BCUT2D eigenvalue weighted by Gasteiger charge is -2.06. The summed E-state index contributed by atoms with van der Waals surface area (Å²) in [4.78, 5) is 0. The molecule has 4 nitrogen and oxygen atoms in total. The van der Waals surface area contributed by atoms with Crippen molar-refractivity contribution in [3.63, 3.8) is 0 Å². The van der Waals surface area contributed by atoms with E-state index in [9.17, 15) is 0 Å². The molecular weight excluding hydrogens is 206 g/mol. The van der Waals surface area contributed by atoms with Crippen molar-refractivity contribution in [1.82, 2.24) is 5.32 Å². The molecule has 0 aliphatic heterocycles. The maximum Gasteiger partial charge on any atom is 0.0590 e. The van der Waals surface area contributed by atoms with Gasteiger partial charge in [0.15, 0.2) is 0 Å². The summed E-state index contributed by atoms with van der Waals surface area (Å²) < 4.78 is 15.6. The van der Waals surface area contributed by atoms with Gasteiger partial charge in [-0.1, -0.05) is 0 Å². The summed E-state index contributed by atoms with van der Waals surface area (Å²) in [6.07, 6.45) is 3.28. The van der Waals surface area contributed by atoms with Gasteiger partial charge in [0, 0.05) is 40.1 Å². The highest BCUT2D eigenvalue weighted by Crippen LogP contribution is 1.88. The summed E-state index contributed by atoms with van der Waals surface area (Å²) in [6, 6.07) is 0. The van der Waals surface area contributed by atoms with E-state index in [0.29, 0.717) is 0 Å². The van der Waals surface area contributed by atoms with Crippen LogP contribution in [0.2, 0.25) is 0 Å². The Balaban J connectivity index is 2.83. The Kier molecular flexibility index (Phi) is 14.7. The van der Waals surface area contributed by atoms with E-state index in [4.69, 9.17) is 14.2 Å². The second-order valence-corrected chi connectivity index (χ2v) is 3.61. The van der Waals surface area contributed by atoms with Crippen molar-refractivity contribution in [2.75, 3.05) is 53.2 Å². The zero-order valence-corrected chi connectivity index (χ0v) is 10.8. The summed E-state index contributed by atoms with van der Waals surface area (Å²) in [5, 5.41) is 3.34. The van der Waals surface area contributed by atoms with Crippen LogP contribution in [0.3, 0.4) is 0 Å². The van der Waals surface area contributed by atoms with Crippen LogP contribution >= 0.6 is 0 Å². The van der Waals surface area contributed by atoms with Crippen LogP contribution in [0.5, 0.6) is 0 Å². The lowest BCUT2D eigenvalue weighted by molar-refractivity contribution is 0.104. The van der Waals surface area contributed by atoms with Crippen LogP contribution < -0.4 is 5.32 Å². The third kappa shape index (κ3) is 13.8. The summed E-state index contributed by atoms with van der Waals surface area (Å²) in [6.45, 7) is 8.07. The first kappa shape index (κ1) is 15.8. The third-order valence-corrected chi connectivity index (χ3v) is 2.16. The van der Waals surface area contributed by atoms with E-state index in [1.54, 1.807) is 7.11 Å². The van der Waals surface area contributed by atoms with Crippen molar-refractivity contribution in [2.24, 2.45) is 0 Å². The number of rotatable bonds is 13. The molecular formula is C12H27NO3. The molecule has 0 amide bonds. The molecule has 0 rings (SSSR count). The van der Waals surface area contributed by atoms with Crippen molar-refractivity contribution in [2.45, 2.75) is 26.2 Å². The molecule has 4 heteroatoms. The van der Waals surface area contributed by atoms with E-state index >= 15 is 0 Å². The van der Waals surface area contributed by atoms with Crippen LogP contribution in [-0.4, -0.2) is 53.2 Å². The lowest BCUT2D eigenvalue weighted by atomic mass is 10.3. The number of methoxy groups -OCH3 is 1. The Labute approximate surface area is 99.6 Å². The minimum atomic E-state index is 0.783. The molecule has 16 heavy (non-hydrogen) atoms. The molecule has 0 unspecified atom stereocenters. The Morgan fingerprint density at radius 1 is 0.812 bits per heavy atom. The van der Waals surface area contributed by atoms with Crippen molar-refractivity contribution in [3.05, 3.63) is 0 Å². The molecule has 0 radical (unpaired) electrons. The Morgan fingerprint density at radius 2 is 1.62 bits per heavy atom. The fraction of sp³-hybridized carbons (Fsp3) is 1.00. The number of hydrogen-bond donors (Lipinski definition) is 1.